The first-order valence-corrected chi connectivity index (χ1v) is 8.44. The molecule has 1 aromatic rings. The molecule has 0 aromatic carbocycles. The van der Waals surface area contributed by atoms with Crippen molar-refractivity contribution in [3.8, 4) is 0 Å². The average molecular weight is 321 g/mol. The number of rotatable bonds is 11. The second-order valence-corrected chi connectivity index (χ2v) is 5.68. The smallest absolute Gasteiger partial charge is 0.191 e. The highest BCUT2D eigenvalue weighted by molar-refractivity contribution is 5.79. The van der Waals surface area contributed by atoms with Crippen LogP contribution in [0, 0.1) is 5.92 Å². The van der Waals surface area contributed by atoms with Gasteiger partial charge in [0, 0.05) is 32.7 Å². The molecule has 0 amide bonds. The van der Waals surface area contributed by atoms with Gasteiger partial charge in [-0.2, -0.15) is 0 Å². The normalized spacial score (nSPS) is 13.1. The van der Waals surface area contributed by atoms with Crippen molar-refractivity contribution >= 4 is 5.96 Å². The monoisotopic (exact) mass is 321 g/mol. The van der Waals surface area contributed by atoms with Crippen LogP contribution in [-0.2, 0) is 11.2 Å². The Kier molecular flexibility index (Phi) is 9.87. The predicted molar refractivity (Wildman–Crippen MR) is 95.8 cm³/mol. The third-order valence-electron chi connectivity index (χ3n) is 3.47. The van der Waals surface area contributed by atoms with E-state index in [1.807, 2.05) is 25.1 Å². The highest BCUT2D eigenvalue weighted by atomic mass is 16.5. The number of ether oxygens (including phenoxy) is 1. The largest absolute Gasteiger partial charge is 0.469 e. The van der Waals surface area contributed by atoms with Crippen molar-refractivity contribution in [1.82, 2.24) is 10.6 Å². The van der Waals surface area contributed by atoms with E-state index in [4.69, 9.17) is 9.15 Å². The number of hydrogen-bond donors (Lipinski definition) is 2. The lowest BCUT2D eigenvalue weighted by molar-refractivity contribution is 0.0266. The van der Waals surface area contributed by atoms with Gasteiger partial charge in [0.25, 0.3) is 0 Å². The molecule has 1 rings (SSSR count). The summed E-state index contributed by atoms with van der Waals surface area (Å²) in [7, 11) is 0. The molecule has 1 heterocycles. The minimum absolute atomic E-state index is 0.257. The van der Waals surface area contributed by atoms with E-state index >= 15 is 0 Å². The van der Waals surface area contributed by atoms with Crippen LogP contribution >= 0.6 is 0 Å². The highest BCUT2D eigenvalue weighted by Crippen LogP contribution is 2.10. The average Bonchev–Trinajstić information content (AvgIpc) is 3.04. The summed E-state index contributed by atoms with van der Waals surface area (Å²) in [6.45, 7) is 13.1. The zero-order valence-corrected chi connectivity index (χ0v) is 14.7. The molecule has 0 bridgehead atoms. The highest BCUT2D eigenvalue weighted by Gasteiger charge is 2.12. The van der Waals surface area contributed by atoms with E-state index in [9.17, 15) is 0 Å². The molecule has 1 aromatic heterocycles. The fraction of sp³-hybridized carbons (Fsp3) is 0.611. The minimum Gasteiger partial charge on any atom is -0.469 e. The van der Waals surface area contributed by atoms with Gasteiger partial charge in [-0.25, -0.2) is 0 Å². The first-order valence-electron chi connectivity index (χ1n) is 8.44. The van der Waals surface area contributed by atoms with Crippen LogP contribution < -0.4 is 10.6 Å². The summed E-state index contributed by atoms with van der Waals surface area (Å²) in [5.41, 5.74) is 0. The van der Waals surface area contributed by atoms with Crippen LogP contribution in [0.1, 0.15) is 33.0 Å². The lowest BCUT2D eigenvalue weighted by atomic mass is 10.0. The lowest BCUT2D eigenvalue weighted by Gasteiger charge is -2.20. The van der Waals surface area contributed by atoms with Crippen LogP contribution in [0.4, 0.5) is 0 Å². The summed E-state index contributed by atoms with van der Waals surface area (Å²) >= 11 is 0. The summed E-state index contributed by atoms with van der Waals surface area (Å²) in [6.07, 6.45) is 5.52. The second kappa shape index (κ2) is 11.8. The molecule has 2 N–H and O–H groups in total. The molecule has 0 aliphatic heterocycles. The fourth-order valence-electron chi connectivity index (χ4n) is 2.23. The van der Waals surface area contributed by atoms with E-state index in [0.717, 1.165) is 44.3 Å². The Morgan fingerprint density at radius 1 is 1.43 bits per heavy atom. The minimum atomic E-state index is 0.257. The molecule has 1 unspecified atom stereocenters. The Labute approximate surface area is 140 Å². The molecule has 0 saturated heterocycles. The van der Waals surface area contributed by atoms with E-state index < -0.39 is 0 Å². The molecule has 0 radical (unpaired) electrons. The molecule has 5 nitrogen and oxygen atoms in total. The SMILES string of the molecule is C=CCNC(=NCCC(OCC)C(C)C)NCCc1ccco1. The molecule has 23 heavy (non-hydrogen) atoms. The van der Waals surface area contributed by atoms with Crippen molar-refractivity contribution in [3.63, 3.8) is 0 Å². The maximum atomic E-state index is 5.76. The van der Waals surface area contributed by atoms with Crippen molar-refractivity contribution in [1.29, 1.82) is 0 Å². The van der Waals surface area contributed by atoms with Crippen molar-refractivity contribution in [2.75, 3.05) is 26.2 Å². The molecule has 0 spiro atoms. The Bertz CT molecular complexity index is 441. The first-order chi connectivity index (χ1) is 11.2. The number of hydrogen-bond acceptors (Lipinski definition) is 3. The zero-order chi connectivity index (χ0) is 16.9. The zero-order valence-electron chi connectivity index (χ0n) is 14.7. The van der Waals surface area contributed by atoms with Crippen molar-refractivity contribution in [2.45, 2.75) is 39.7 Å². The van der Waals surface area contributed by atoms with Gasteiger partial charge in [0.2, 0.25) is 0 Å². The van der Waals surface area contributed by atoms with Gasteiger partial charge in [0.15, 0.2) is 5.96 Å². The van der Waals surface area contributed by atoms with Gasteiger partial charge >= 0.3 is 0 Å². The Hall–Kier alpha value is -1.75. The van der Waals surface area contributed by atoms with E-state index in [1.165, 1.54) is 0 Å². The van der Waals surface area contributed by atoms with Gasteiger partial charge in [0.05, 0.1) is 12.4 Å². The Morgan fingerprint density at radius 3 is 2.87 bits per heavy atom. The van der Waals surface area contributed by atoms with Crippen molar-refractivity contribution < 1.29 is 9.15 Å². The number of nitrogens with zero attached hydrogens (tertiary/aromatic N) is 1. The number of furan rings is 1. The molecular formula is C18H31N3O2. The van der Waals surface area contributed by atoms with E-state index in [1.54, 1.807) is 6.26 Å². The summed E-state index contributed by atoms with van der Waals surface area (Å²) in [5.74, 6) is 2.27. The number of nitrogens with one attached hydrogen (secondary N) is 2. The second-order valence-electron chi connectivity index (χ2n) is 5.68. The van der Waals surface area contributed by atoms with E-state index in [0.29, 0.717) is 12.5 Å². The third kappa shape index (κ3) is 8.45. The Balaban J connectivity index is 2.42. The van der Waals surface area contributed by atoms with E-state index in [2.05, 4.69) is 36.1 Å². The van der Waals surface area contributed by atoms with Crippen LogP contribution in [0.25, 0.3) is 0 Å². The quantitative estimate of drug-likeness (QED) is 0.374. The van der Waals surface area contributed by atoms with Gasteiger partial charge < -0.3 is 19.8 Å². The van der Waals surface area contributed by atoms with Crippen LogP contribution in [0.3, 0.4) is 0 Å². The maximum Gasteiger partial charge on any atom is 0.191 e. The summed E-state index contributed by atoms with van der Waals surface area (Å²) < 4.78 is 11.1. The van der Waals surface area contributed by atoms with Gasteiger partial charge in [-0.1, -0.05) is 19.9 Å². The van der Waals surface area contributed by atoms with Gasteiger partial charge in [-0.05, 0) is 31.4 Å². The molecule has 0 aliphatic rings. The van der Waals surface area contributed by atoms with Gasteiger partial charge in [-0.15, -0.1) is 6.58 Å². The standard InChI is InChI=1S/C18H31N3O2/c1-5-11-19-18(20-12-9-16-8-7-14-23-16)21-13-10-17(15(3)4)22-6-2/h5,7-8,14-15,17H,1,6,9-13H2,2-4H3,(H2,19,20,21). The van der Waals surface area contributed by atoms with Gasteiger partial charge in [-0.3, -0.25) is 4.99 Å². The predicted octanol–water partition coefficient (Wildman–Crippen LogP) is 2.99. The summed E-state index contributed by atoms with van der Waals surface area (Å²) in [6, 6.07) is 3.88. The van der Waals surface area contributed by atoms with Crippen molar-refractivity contribution in [3.05, 3.63) is 36.8 Å². The first kappa shape index (κ1) is 19.3. The van der Waals surface area contributed by atoms with Crippen molar-refractivity contribution in [2.24, 2.45) is 10.9 Å². The fourth-order valence-corrected chi connectivity index (χ4v) is 2.23. The molecule has 130 valence electrons. The molecule has 0 fully saturated rings. The number of aliphatic imine (C=N–C) groups is 1. The van der Waals surface area contributed by atoms with E-state index in [-0.39, 0.29) is 6.10 Å². The summed E-state index contributed by atoms with van der Waals surface area (Å²) in [4.78, 5) is 4.62. The summed E-state index contributed by atoms with van der Waals surface area (Å²) in [5, 5.41) is 6.55. The van der Waals surface area contributed by atoms with Crippen LogP contribution in [-0.4, -0.2) is 38.3 Å². The molecule has 0 aliphatic carbocycles. The Morgan fingerprint density at radius 2 is 2.26 bits per heavy atom. The molecular weight excluding hydrogens is 290 g/mol. The maximum absolute atomic E-state index is 5.76. The molecule has 0 saturated carbocycles. The van der Waals surface area contributed by atoms with Crippen LogP contribution in [0.15, 0.2) is 40.5 Å². The topological polar surface area (TPSA) is 58.8 Å². The molecule has 5 heteroatoms. The number of guanidine groups is 1. The van der Waals surface area contributed by atoms with Crippen LogP contribution in [0.5, 0.6) is 0 Å². The lowest BCUT2D eigenvalue weighted by Crippen LogP contribution is -2.38. The van der Waals surface area contributed by atoms with Gasteiger partial charge in [0.1, 0.15) is 5.76 Å². The molecule has 1 atom stereocenters. The third-order valence-corrected chi connectivity index (χ3v) is 3.47. The van der Waals surface area contributed by atoms with Crippen LogP contribution in [0.2, 0.25) is 0 Å².